The molecule has 1 aliphatic heterocycles. The lowest BCUT2D eigenvalue weighted by molar-refractivity contribution is -0.178. The molecule has 4 unspecified atom stereocenters. The second kappa shape index (κ2) is 116. The zero-order chi connectivity index (χ0) is 102. The molecule has 0 amide bonds. The second-order valence-corrected chi connectivity index (χ2v) is 47.6. The fourth-order valence-electron chi connectivity index (χ4n) is 13.7. The van der Waals surface area contributed by atoms with E-state index in [4.69, 9.17) is 14.2 Å². The van der Waals surface area contributed by atoms with Crippen LogP contribution in [0.25, 0.3) is 0 Å². The quantitative estimate of drug-likeness (QED) is 0.0387. The normalized spacial score (nSPS) is 13.2. The van der Waals surface area contributed by atoms with Crippen LogP contribution in [0.3, 0.4) is 0 Å². The number of sulfone groups is 1. The fraction of sp³-hybridized carbons (Fsp3) is 0.946. The summed E-state index contributed by atoms with van der Waals surface area (Å²) in [5.41, 5.74) is 2.86. The van der Waals surface area contributed by atoms with E-state index < -0.39 is 46.0 Å². The third kappa shape index (κ3) is 131. The highest BCUT2D eigenvalue weighted by Gasteiger charge is 2.37. The van der Waals surface area contributed by atoms with E-state index in [1.807, 2.05) is 27.7 Å². The molecule has 18 heteroatoms. The number of hydrogen-bond donors (Lipinski definition) is 1. The maximum Gasteiger partial charge on any atom is 0.391 e. The molecule has 0 radical (unpaired) electrons. The Bertz CT molecular complexity index is 2300. The molecule has 1 N–H and O–H groups in total. The first-order valence-corrected chi connectivity index (χ1v) is 62.4. The standard InChI is InChI=1S/C11H23N.C10H14.C10H20.C10H22.C9H20.C8H15F3.C8H18O2.C8H20Si.C7H14F2.C7H17N.C7H16.C6H14O2S.C6H14O.C5H13NO2S/c1-3-5-8-11(4-2)12-9-6-7-10-12;1-3-9-5-7-10(4-2)8-6-9;1-3-5-6-9(4-2)10-7-8-10;1-5-6-7-8-10(4)9(2)3;1-4-6-7-8-9(3)5-2;1-3-5-7(6-4-2)8(9,10)11;1-3-5-9-7-8-10-6-4-2;1-5-7-9(3,4)8-6-2;1-3-5-6-7(8,9)4-2;1-4-6-8(3)7-5-2;1-3-5-7-6-4-2;1-3-5-6-9(7,8)4-2;1-3-5-6-7-4-2;1-3-5-6-9(7,8)4-2/h11H,3-10H2,1-2H3;5-8H,3-4H2,1-2H3;9-10H,3-8H2,1-2H3;9-10H,5-8H2,1-4H3;9H,4-8H2,1-3H3;7H,3-6H2,1-2H3;3-8H2,1-2H3;5-8H2,1-4H3;3-6H2,1-2H3;4-7H2,1-3H3;3-7H2,1-2H3;3-6H2,1-2H3;3-6H2,1-2H3;6H,3-5H2,1-2H3. The first kappa shape index (κ1) is 152. The molecule has 4 atom stereocenters. The van der Waals surface area contributed by atoms with E-state index in [2.05, 4.69) is 211 Å². The molecule has 3 rings (SSSR count). The topological polar surface area (TPSA) is 114 Å². The lowest BCUT2D eigenvalue weighted by Crippen LogP contribution is -2.31. The number of nitrogens with one attached hydrogen (secondary N) is 1. The second-order valence-electron chi connectivity index (χ2n) is 37.7. The summed E-state index contributed by atoms with van der Waals surface area (Å²) >= 11 is 0. The Hall–Kier alpha value is -1.25. The molecule has 796 valence electrons. The smallest absolute Gasteiger partial charge is 0.382 e. The van der Waals surface area contributed by atoms with Crippen LogP contribution >= 0.6 is 0 Å². The Kier molecular flexibility index (Phi) is 136. The van der Waals surface area contributed by atoms with Crippen LogP contribution in [0.2, 0.25) is 25.2 Å². The number of ether oxygens (including phenoxy) is 3. The van der Waals surface area contributed by atoms with Crippen molar-refractivity contribution in [3.05, 3.63) is 35.4 Å². The van der Waals surface area contributed by atoms with Crippen molar-refractivity contribution in [1.29, 1.82) is 0 Å². The van der Waals surface area contributed by atoms with Crippen molar-refractivity contribution in [2.75, 3.05) is 96.7 Å². The first-order valence-electron chi connectivity index (χ1n) is 55.5. The first-order chi connectivity index (χ1) is 61.7. The molecular weight excluding hydrogens is 1690 g/mol. The van der Waals surface area contributed by atoms with Gasteiger partial charge < -0.3 is 24.0 Å². The largest absolute Gasteiger partial charge is 0.391 e. The van der Waals surface area contributed by atoms with Gasteiger partial charge in [-0.25, -0.2) is 30.3 Å². The number of halogens is 5. The van der Waals surface area contributed by atoms with E-state index in [9.17, 15) is 38.8 Å². The van der Waals surface area contributed by atoms with Gasteiger partial charge in [-0.15, -0.1) is 0 Å². The summed E-state index contributed by atoms with van der Waals surface area (Å²) < 4.78 is 122. The van der Waals surface area contributed by atoms with Crippen molar-refractivity contribution < 1.29 is 53.0 Å². The molecule has 130 heavy (non-hydrogen) atoms. The van der Waals surface area contributed by atoms with Gasteiger partial charge in [0, 0.05) is 65.7 Å². The van der Waals surface area contributed by atoms with Crippen LogP contribution in [0.4, 0.5) is 22.0 Å². The van der Waals surface area contributed by atoms with E-state index in [0.29, 0.717) is 31.6 Å². The lowest BCUT2D eigenvalue weighted by Gasteiger charge is -2.26. The Morgan fingerprint density at radius 3 is 1.19 bits per heavy atom. The zero-order valence-electron chi connectivity index (χ0n) is 94.4. The number of sulfonamides is 1. The highest BCUT2D eigenvalue weighted by molar-refractivity contribution is 7.91. The molecule has 1 saturated heterocycles. The van der Waals surface area contributed by atoms with E-state index >= 15 is 0 Å². The number of rotatable bonds is 61. The molecule has 0 bridgehead atoms. The molecule has 1 aromatic rings. The average molecular weight is 1930 g/mol. The third-order valence-electron chi connectivity index (χ3n) is 23.5. The van der Waals surface area contributed by atoms with Crippen molar-refractivity contribution in [3.63, 3.8) is 0 Å². The maximum absolute atomic E-state index is 12.3. The van der Waals surface area contributed by atoms with E-state index in [0.717, 1.165) is 127 Å². The van der Waals surface area contributed by atoms with Gasteiger partial charge in [-0.3, -0.25) is 0 Å². The Labute approximate surface area is 817 Å². The summed E-state index contributed by atoms with van der Waals surface area (Å²) in [6, 6.07) is 12.8. The van der Waals surface area contributed by atoms with Gasteiger partial charge in [0.15, 0.2) is 0 Å². The molecule has 2 fully saturated rings. The number of unbranched alkanes of at least 4 members (excludes halogenated alkanes) is 13. The van der Waals surface area contributed by atoms with Crippen LogP contribution in [0, 0.1) is 35.5 Å². The van der Waals surface area contributed by atoms with Crippen LogP contribution in [0.1, 0.15) is 515 Å². The van der Waals surface area contributed by atoms with Crippen LogP contribution in [-0.4, -0.2) is 150 Å². The molecule has 0 spiro atoms. The number of hydrogen-bond acceptors (Lipinski definition) is 9. The summed E-state index contributed by atoms with van der Waals surface area (Å²) in [6.07, 6.45) is 51.0. The summed E-state index contributed by atoms with van der Waals surface area (Å²) in [4.78, 5) is 5.05. The molecule has 2 aliphatic rings. The van der Waals surface area contributed by atoms with Crippen molar-refractivity contribution in [3.8, 4) is 0 Å². The van der Waals surface area contributed by atoms with Gasteiger partial charge in [0.05, 0.1) is 30.6 Å². The Morgan fingerprint density at radius 1 is 0.438 bits per heavy atom. The fourth-order valence-corrected chi connectivity index (χ4v) is 18.4. The van der Waals surface area contributed by atoms with Crippen molar-refractivity contribution in [1.82, 2.24) is 14.5 Å². The van der Waals surface area contributed by atoms with Gasteiger partial charge in [-0.2, -0.15) is 13.2 Å². The van der Waals surface area contributed by atoms with Gasteiger partial charge in [0.25, 0.3) is 0 Å². The molecule has 1 saturated carbocycles. The molecule has 1 aromatic carbocycles. The number of alkyl halides is 5. The van der Waals surface area contributed by atoms with Gasteiger partial charge in [0.1, 0.15) is 9.84 Å². The van der Waals surface area contributed by atoms with Gasteiger partial charge in [0.2, 0.25) is 15.9 Å². The summed E-state index contributed by atoms with van der Waals surface area (Å²) in [5, 5.41) is 0. The number of likely N-dealkylation sites (tertiary alicyclic amines) is 1. The van der Waals surface area contributed by atoms with Gasteiger partial charge in [-0.05, 0) is 203 Å². The minimum absolute atomic E-state index is 0.0208. The minimum Gasteiger partial charge on any atom is -0.382 e. The molecule has 10 nitrogen and oxygen atoms in total. The van der Waals surface area contributed by atoms with Gasteiger partial charge in [-0.1, -0.05) is 424 Å². The van der Waals surface area contributed by atoms with Crippen molar-refractivity contribution in [2.24, 2.45) is 35.5 Å². The Balaban J connectivity index is -0.000000131. The monoisotopic (exact) mass is 1930 g/mol. The zero-order valence-corrected chi connectivity index (χ0v) is 97.0. The molecule has 0 aromatic heterocycles. The number of aryl methyl sites for hydroxylation is 2. The van der Waals surface area contributed by atoms with Crippen molar-refractivity contribution >= 4 is 27.9 Å². The van der Waals surface area contributed by atoms with Crippen LogP contribution in [-0.2, 0) is 46.9 Å². The molecule has 1 aliphatic carbocycles. The number of benzene rings is 1. The summed E-state index contributed by atoms with van der Waals surface area (Å²) in [5.74, 6) is 2.31. The van der Waals surface area contributed by atoms with E-state index in [1.165, 1.54) is 262 Å². The highest BCUT2D eigenvalue weighted by atomic mass is 32.2. The number of nitrogens with zero attached hydrogens (tertiary/aromatic N) is 2. The maximum atomic E-state index is 12.3. The SMILES string of the molecule is CCCC(CCC)C(F)(F)F.CCCCC(CC)C1CC1.CCCCC(CC)N1CCCC1.CCCCC(F)(F)CC.CCCCCC(C)C(C)C.CCCCCC(C)CC.CCCCCCC.CCCCOCC.CCCCS(=O)(=O)CC.CCCN(C)CCC.CCCNS(=O)(=O)CC.CCCOCCOCCC.CCC[Si](C)(C)CCC.CCc1ccc(CC)cc1. The highest BCUT2D eigenvalue weighted by Crippen LogP contribution is 2.41. The van der Waals surface area contributed by atoms with Crippen molar-refractivity contribution in [2.45, 2.75) is 560 Å². The van der Waals surface area contributed by atoms with Crippen LogP contribution < -0.4 is 4.72 Å². The predicted octanol–water partition coefficient (Wildman–Crippen LogP) is 37.4. The predicted molar refractivity (Wildman–Crippen MR) is 582 cm³/mol. The van der Waals surface area contributed by atoms with E-state index in [1.54, 1.807) is 27.7 Å². The summed E-state index contributed by atoms with van der Waals surface area (Å²) in [6.45, 7) is 81.7. The summed E-state index contributed by atoms with van der Waals surface area (Å²) in [7, 11) is -4.14. The lowest BCUT2D eigenvalue weighted by atomic mass is 9.92. The van der Waals surface area contributed by atoms with Gasteiger partial charge >= 0.3 is 6.18 Å². The van der Waals surface area contributed by atoms with Crippen LogP contribution in [0.5, 0.6) is 0 Å². The third-order valence-corrected chi connectivity index (χ3v) is 30.4. The minimum atomic E-state index is -3.98. The molecule has 1 heterocycles. The Morgan fingerprint density at radius 2 is 0.869 bits per heavy atom. The van der Waals surface area contributed by atoms with E-state index in [-0.39, 0.29) is 37.2 Å². The average Bonchev–Trinajstić information content (AvgIpc) is 1.69. The van der Waals surface area contributed by atoms with Crippen LogP contribution in [0.15, 0.2) is 24.3 Å². The molecular formula is C112H240F5N3O7S2Si.